The average Bonchev–Trinajstić information content (AvgIpc) is 3.38. The topological polar surface area (TPSA) is 108 Å². The van der Waals surface area contributed by atoms with Gasteiger partial charge in [0.15, 0.2) is 11.8 Å². The van der Waals surface area contributed by atoms with Crippen molar-refractivity contribution in [1.82, 2.24) is 14.6 Å². The molecule has 3 aromatic rings. The molecule has 1 fully saturated rings. The lowest BCUT2D eigenvalue weighted by atomic mass is 9.92. The van der Waals surface area contributed by atoms with Crippen LogP contribution in [0.3, 0.4) is 0 Å². The second-order valence-corrected chi connectivity index (χ2v) is 13.8. The number of carboxylic acids is 1. The van der Waals surface area contributed by atoms with Crippen LogP contribution in [-0.2, 0) is 32.2 Å². The highest BCUT2D eigenvalue weighted by molar-refractivity contribution is 5.78. The lowest BCUT2D eigenvalue weighted by Gasteiger charge is -2.41. The van der Waals surface area contributed by atoms with Gasteiger partial charge < -0.3 is 29.0 Å². The maximum Gasteiger partial charge on any atom is 0.337 e. The quantitative estimate of drug-likeness (QED) is 0.317. The minimum absolute atomic E-state index is 0.0240. The Kier molecular flexibility index (Phi) is 10.5. The maximum atomic E-state index is 14.3. The largest absolute Gasteiger partial charge is 0.490 e. The molecule has 0 aliphatic carbocycles. The van der Waals surface area contributed by atoms with Crippen LogP contribution in [0.2, 0.25) is 0 Å². The van der Waals surface area contributed by atoms with Crippen LogP contribution < -0.4 is 9.64 Å². The molecule has 5 heterocycles. The van der Waals surface area contributed by atoms with Crippen molar-refractivity contribution in [3.63, 3.8) is 0 Å². The van der Waals surface area contributed by atoms with Crippen LogP contribution in [0.1, 0.15) is 108 Å². The number of nitrogens with zero attached hydrogens (tertiary/aromatic N) is 4. The molecule has 1 unspecified atom stereocenters. The molecule has 4 bridgehead atoms. The zero-order valence-electron chi connectivity index (χ0n) is 28.1. The molecule has 1 aromatic carbocycles. The minimum atomic E-state index is -1.24. The smallest absolute Gasteiger partial charge is 0.337 e. The number of ether oxygens (including phenoxy) is 4. The van der Waals surface area contributed by atoms with Gasteiger partial charge in [-0.15, -0.1) is 0 Å². The molecule has 6 rings (SSSR count). The van der Waals surface area contributed by atoms with Gasteiger partial charge in [0.1, 0.15) is 17.4 Å². The molecule has 10 nitrogen and oxygen atoms in total. The van der Waals surface area contributed by atoms with Gasteiger partial charge in [0, 0.05) is 37.0 Å². The third-order valence-corrected chi connectivity index (χ3v) is 8.74. The summed E-state index contributed by atoms with van der Waals surface area (Å²) in [4.78, 5) is 19.7. The Morgan fingerprint density at radius 1 is 1.20 bits per heavy atom. The zero-order chi connectivity index (χ0) is 33.1. The fourth-order valence-electron chi connectivity index (χ4n) is 6.36. The van der Waals surface area contributed by atoms with Gasteiger partial charge in [-0.25, -0.2) is 14.2 Å². The molecule has 2 aromatic heterocycles. The van der Waals surface area contributed by atoms with Gasteiger partial charge in [-0.3, -0.25) is 0 Å². The van der Waals surface area contributed by atoms with E-state index in [4.69, 9.17) is 29.0 Å². The fourth-order valence-corrected chi connectivity index (χ4v) is 6.36. The number of benzene rings is 1. The third kappa shape index (κ3) is 8.16. The van der Waals surface area contributed by atoms with Gasteiger partial charge in [-0.2, -0.15) is 9.61 Å². The summed E-state index contributed by atoms with van der Waals surface area (Å²) >= 11 is 0. The van der Waals surface area contributed by atoms with E-state index in [-0.39, 0.29) is 30.7 Å². The van der Waals surface area contributed by atoms with Crippen LogP contribution in [0.15, 0.2) is 24.3 Å². The van der Waals surface area contributed by atoms with E-state index in [1.165, 1.54) is 12.1 Å². The van der Waals surface area contributed by atoms with E-state index in [1.807, 2.05) is 33.8 Å². The van der Waals surface area contributed by atoms with Crippen molar-refractivity contribution in [2.24, 2.45) is 0 Å². The lowest BCUT2D eigenvalue weighted by Crippen LogP contribution is -2.46. The summed E-state index contributed by atoms with van der Waals surface area (Å²) in [5.41, 5.74) is 1.90. The summed E-state index contributed by atoms with van der Waals surface area (Å²) in [7, 11) is 0. The number of halogens is 1. The van der Waals surface area contributed by atoms with Gasteiger partial charge >= 0.3 is 5.97 Å². The number of aryl methyl sites for hydroxylation is 1. The first kappa shape index (κ1) is 34.1. The summed E-state index contributed by atoms with van der Waals surface area (Å²) in [5, 5.41) is 15.2. The molecule has 3 aliphatic heterocycles. The van der Waals surface area contributed by atoms with Crippen LogP contribution in [0, 0.1) is 12.7 Å². The summed E-state index contributed by atoms with van der Waals surface area (Å²) < 4.78 is 41.2. The van der Waals surface area contributed by atoms with Crippen molar-refractivity contribution in [2.75, 3.05) is 24.6 Å². The van der Waals surface area contributed by atoms with Gasteiger partial charge in [0.25, 0.3) is 0 Å². The zero-order valence-corrected chi connectivity index (χ0v) is 28.1. The molecule has 1 saturated heterocycles. The highest BCUT2D eigenvalue weighted by Crippen LogP contribution is 2.38. The predicted molar refractivity (Wildman–Crippen MR) is 173 cm³/mol. The molecule has 11 heteroatoms. The number of anilines is 1. The minimum Gasteiger partial charge on any atom is -0.490 e. The fraction of sp³-hybridized carbons (Fsp3) is 0.629. The average molecular weight is 641 g/mol. The number of rotatable bonds is 5. The number of carbonyl (C=O) groups is 1. The molecule has 0 spiro atoms. The number of piperidine rings is 1. The number of aromatic nitrogens is 3. The Morgan fingerprint density at radius 2 is 1.96 bits per heavy atom. The van der Waals surface area contributed by atoms with E-state index in [0.717, 1.165) is 44.9 Å². The van der Waals surface area contributed by atoms with Gasteiger partial charge in [0.2, 0.25) is 0 Å². The van der Waals surface area contributed by atoms with E-state index in [0.29, 0.717) is 59.4 Å². The molecule has 0 radical (unpaired) electrons. The second-order valence-electron chi connectivity index (χ2n) is 13.8. The van der Waals surface area contributed by atoms with E-state index in [1.54, 1.807) is 10.6 Å². The standard InChI is InChI=1S/C35H49FN4O6/c1-7-10-27-11-8-9-18-44-35(6)14-16-39(17-15-35)32-30(31(33(41)42)46-34(3,4)5)23(2)37-29-20-26(38-40(29)32)22-43-21-24-19-25(36)12-13-28(24)45-27/h12-13,19-20,27,31H,7-11,14-18,21-22H2,1-6H3,(H,41,42)/t27?,31-/m0/s1. The first-order valence-electron chi connectivity index (χ1n) is 16.6. The first-order valence-corrected chi connectivity index (χ1v) is 16.6. The Morgan fingerprint density at radius 3 is 2.65 bits per heavy atom. The summed E-state index contributed by atoms with van der Waals surface area (Å²) in [6, 6.07) is 6.41. The van der Waals surface area contributed by atoms with Crippen LogP contribution in [0.25, 0.3) is 5.65 Å². The van der Waals surface area contributed by atoms with Crippen molar-refractivity contribution in [3.8, 4) is 5.75 Å². The number of hydrogen-bond acceptors (Lipinski definition) is 8. The summed E-state index contributed by atoms with van der Waals surface area (Å²) in [6.45, 7) is 13.9. The highest BCUT2D eigenvalue weighted by Gasteiger charge is 2.37. The van der Waals surface area contributed by atoms with Gasteiger partial charge in [0.05, 0.1) is 41.8 Å². The SMILES string of the molecule is CCCC1CCCCOC2(C)CCN(CC2)c2c([C@H](OC(C)(C)C)C(=O)O)c(C)nc3cc(nn23)COCc2cc(F)ccc2O1. The molecule has 0 saturated carbocycles. The first-order chi connectivity index (χ1) is 21.9. The number of aliphatic carboxylic acids is 1. The molecular formula is C35H49FN4O6. The monoisotopic (exact) mass is 640 g/mol. The Balaban J connectivity index is 1.55. The third-order valence-electron chi connectivity index (χ3n) is 8.74. The maximum absolute atomic E-state index is 14.3. The number of hydrogen-bond donors (Lipinski definition) is 1. The highest BCUT2D eigenvalue weighted by atomic mass is 19.1. The van der Waals surface area contributed by atoms with Crippen LogP contribution in [0.4, 0.5) is 10.2 Å². The molecule has 1 N–H and O–H groups in total. The van der Waals surface area contributed by atoms with Crippen LogP contribution >= 0.6 is 0 Å². The Bertz CT molecular complexity index is 1510. The number of fused-ring (bicyclic) bond motifs is 10. The van der Waals surface area contributed by atoms with E-state index in [9.17, 15) is 14.3 Å². The molecule has 0 amide bonds. The van der Waals surface area contributed by atoms with Crippen molar-refractivity contribution in [3.05, 3.63) is 52.6 Å². The lowest BCUT2D eigenvalue weighted by molar-refractivity contribution is -0.160. The van der Waals surface area contributed by atoms with Gasteiger partial charge in [-0.1, -0.05) is 13.3 Å². The van der Waals surface area contributed by atoms with Crippen LogP contribution in [-0.4, -0.2) is 62.7 Å². The van der Waals surface area contributed by atoms with Crippen molar-refractivity contribution >= 4 is 17.4 Å². The molecule has 46 heavy (non-hydrogen) atoms. The van der Waals surface area contributed by atoms with Crippen molar-refractivity contribution < 1.29 is 33.2 Å². The molecule has 2 atom stereocenters. The van der Waals surface area contributed by atoms with Gasteiger partial charge in [-0.05, 0) is 91.3 Å². The molecule has 252 valence electrons. The molecule has 3 aliphatic rings. The van der Waals surface area contributed by atoms with E-state index < -0.39 is 17.7 Å². The van der Waals surface area contributed by atoms with E-state index in [2.05, 4.69) is 18.7 Å². The Labute approximate surface area is 271 Å². The van der Waals surface area contributed by atoms with Crippen LogP contribution in [0.5, 0.6) is 5.75 Å². The van der Waals surface area contributed by atoms with Crippen molar-refractivity contribution in [2.45, 2.75) is 123 Å². The van der Waals surface area contributed by atoms with E-state index >= 15 is 0 Å². The summed E-state index contributed by atoms with van der Waals surface area (Å²) in [5.74, 6) is -0.153. The van der Waals surface area contributed by atoms with Crippen molar-refractivity contribution in [1.29, 1.82) is 0 Å². The predicted octanol–water partition coefficient (Wildman–Crippen LogP) is 6.94. The second kappa shape index (κ2) is 14.2. The number of carboxylic acid groups (broad SMARTS) is 1. The summed E-state index contributed by atoms with van der Waals surface area (Å²) in [6.07, 6.45) is 5.00. The molecular weight excluding hydrogens is 591 g/mol. The normalized spacial score (nSPS) is 22.4. The Hall–Kier alpha value is -3.28.